The second-order valence-electron chi connectivity index (χ2n) is 3.78. The van der Waals surface area contributed by atoms with Crippen LogP contribution in [0.4, 0.5) is 5.69 Å². The van der Waals surface area contributed by atoms with Crippen LogP contribution < -0.4 is 10.5 Å². The number of aryl methyl sites for hydroxylation is 1. The maximum atomic E-state index is 12.0. The van der Waals surface area contributed by atoms with E-state index < -0.39 is 10.0 Å². The lowest BCUT2D eigenvalue weighted by Gasteiger charge is -2.12. The summed E-state index contributed by atoms with van der Waals surface area (Å²) in [6, 6.07) is 3.39. The molecule has 92 valence electrons. The first-order valence-corrected chi connectivity index (χ1v) is 6.67. The summed E-state index contributed by atoms with van der Waals surface area (Å²) in [4.78, 5) is 0.148. The molecule has 4 nitrogen and oxygen atoms in total. The second kappa shape index (κ2) is 5.21. The lowest BCUT2D eigenvalue weighted by Crippen LogP contribution is -2.26. The SMILES string of the molecule is C#CCCNS(=O)(=O)c1c(N)ccc(C)c1C. The molecule has 0 bridgehead atoms. The van der Waals surface area contributed by atoms with E-state index in [0.29, 0.717) is 12.0 Å². The molecule has 3 N–H and O–H groups in total. The Morgan fingerprint density at radius 1 is 1.41 bits per heavy atom. The quantitative estimate of drug-likeness (QED) is 0.480. The summed E-state index contributed by atoms with van der Waals surface area (Å²) in [6.45, 7) is 3.79. The van der Waals surface area contributed by atoms with Crippen LogP contribution in [0.2, 0.25) is 0 Å². The van der Waals surface area contributed by atoms with Gasteiger partial charge in [0.15, 0.2) is 0 Å². The monoisotopic (exact) mass is 252 g/mol. The Morgan fingerprint density at radius 3 is 2.65 bits per heavy atom. The van der Waals surface area contributed by atoms with Crippen LogP contribution in [0.3, 0.4) is 0 Å². The number of nitrogens with one attached hydrogen (secondary N) is 1. The van der Waals surface area contributed by atoms with Gasteiger partial charge < -0.3 is 5.73 Å². The van der Waals surface area contributed by atoms with E-state index in [-0.39, 0.29) is 17.1 Å². The molecule has 1 aromatic rings. The van der Waals surface area contributed by atoms with Gasteiger partial charge in [-0.05, 0) is 31.0 Å². The topological polar surface area (TPSA) is 72.2 Å². The number of anilines is 1. The zero-order chi connectivity index (χ0) is 13.1. The molecule has 0 aliphatic carbocycles. The fourth-order valence-corrected chi connectivity index (χ4v) is 2.96. The summed E-state index contributed by atoms with van der Waals surface area (Å²) in [5.41, 5.74) is 7.52. The van der Waals surface area contributed by atoms with Crippen LogP contribution in [0.25, 0.3) is 0 Å². The predicted molar refractivity (Wildman–Crippen MR) is 69.0 cm³/mol. The van der Waals surface area contributed by atoms with Crippen LogP contribution in [0.1, 0.15) is 17.5 Å². The minimum Gasteiger partial charge on any atom is -0.398 e. The molecule has 0 aliphatic heterocycles. The Bertz CT molecular complexity index is 557. The largest absolute Gasteiger partial charge is 0.398 e. The molecule has 0 fully saturated rings. The van der Waals surface area contributed by atoms with Gasteiger partial charge >= 0.3 is 0 Å². The van der Waals surface area contributed by atoms with E-state index in [1.807, 2.05) is 6.92 Å². The van der Waals surface area contributed by atoms with E-state index in [1.165, 1.54) is 0 Å². The molecular weight excluding hydrogens is 236 g/mol. The van der Waals surface area contributed by atoms with Crippen LogP contribution >= 0.6 is 0 Å². The minimum absolute atomic E-state index is 0.148. The molecule has 1 rings (SSSR count). The summed E-state index contributed by atoms with van der Waals surface area (Å²) in [5, 5.41) is 0. The van der Waals surface area contributed by atoms with Crippen molar-refractivity contribution in [3.8, 4) is 12.3 Å². The average Bonchev–Trinajstić information content (AvgIpc) is 2.24. The van der Waals surface area contributed by atoms with Gasteiger partial charge in [0.05, 0.1) is 5.69 Å². The first kappa shape index (κ1) is 13.6. The molecule has 0 unspecified atom stereocenters. The highest BCUT2D eigenvalue weighted by Gasteiger charge is 2.20. The van der Waals surface area contributed by atoms with Gasteiger partial charge in [-0.1, -0.05) is 6.07 Å². The van der Waals surface area contributed by atoms with Crippen LogP contribution in [-0.4, -0.2) is 15.0 Å². The Labute approximate surface area is 102 Å². The number of nitrogen functional groups attached to an aromatic ring is 1. The number of benzene rings is 1. The van der Waals surface area contributed by atoms with Crippen molar-refractivity contribution in [2.24, 2.45) is 0 Å². The first-order chi connectivity index (χ1) is 7.90. The smallest absolute Gasteiger partial charge is 0.242 e. The fourth-order valence-electron chi connectivity index (χ4n) is 1.50. The Kier molecular flexibility index (Phi) is 4.16. The lowest BCUT2D eigenvalue weighted by atomic mass is 10.1. The number of nitrogens with two attached hydrogens (primary N) is 1. The van der Waals surface area contributed by atoms with Crippen molar-refractivity contribution in [3.63, 3.8) is 0 Å². The molecular formula is C12H16N2O2S. The highest BCUT2D eigenvalue weighted by molar-refractivity contribution is 7.89. The molecule has 17 heavy (non-hydrogen) atoms. The first-order valence-electron chi connectivity index (χ1n) is 5.19. The third-order valence-corrected chi connectivity index (χ3v) is 4.20. The summed E-state index contributed by atoms with van der Waals surface area (Å²) in [5.74, 6) is 2.37. The van der Waals surface area contributed by atoms with Crippen molar-refractivity contribution < 1.29 is 8.42 Å². The molecule has 0 aromatic heterocycles. The Hall–Kier alpha value is -1.51. The number of hydrogen-bond acceptors (Lipinski definition) is 3. The van der Waals surface area contributed by atoms with E-state index in [4.69, 9.17) is 12.2 Å². The van der Waals surface area contributed by atoms with Crippen LogP contribution in [0.5, 0.6) is 0 Å². The zero-order valence-electron chi connectivity index (χ0n) is 9.95. The molecule has 0 aliphatic rings. The van der Waals surface area contributed by atoms with E-state index in [9.17, 15) is 8.42 Å². The molecule has 0 amide bonds. The predicted octanol–water partition coefficient (Wildman–Crippen LogP) is 1.19. The number of terminal acetylenes is 1. The average molecular weight is 252 g/mol. The van der Waals surface area contributed by atoms with Gasteiger partial charge in [-0.2, -0.15) is 0 Å². The van der Waals surface area contributed by atoms with Gasteiger partial charge in [0.25, 0.3) is 0 Å². The van der Waals surface area contributed by atoms with Crippen molar-refractivity contribution in [1.82, 2.24) is 4.72 Å². The van der Waals surface area contributed by atoms with E-state index >= 15 is 0 Å². The van der Waals surface area contributed by atoms with Gasteiger partial charge in [0.2, 0.25) is 10.0 Å². The minimum atomic E-state index is -3.59. The molecule has 0 atom stereocenters. The standard InChI is InChI=1S/C12H16N2O2S/c1-4-5-8-14-17(15,16)12-10(3)9(2)6-7-11(12)13/h1,6-7,14H,5,8,13H2,2-3H3. The van der Waals surface area contributed by atoms with Crippen LogP contribution in [0, 0.1) is 26.2 Å². The molecule has 1 aromatic carbocycles. The van der Waals surface area contributed by atoms with Gasteiger partial charge in [-0.3, -0.25) is 0 Å². The molecule has 0 saturated carbocycles. The lowest BCUT2D eigenvalue weighted by molar-refractivity contribution is 0.582. The van der Waals surface area contributed by atoms with Crippen molar-refractivity contribution in [1.29, 1.82) is 0 Å². The van der Waals surface area contributed by atoms with Gasteiger partial charge in [0, 0.05) is 13.0 Å². The van der Waals surface area contributed by atoms with Crippen molar-refractivity contribution >= 4 is 15.7 Å². The highest BCUT2D eigenvalue weighted by atomic mass is 32.2. The van der Waals surface area contributed by atoms with E-state index in [2.05, 4.69) is 10.6 Å². The molecule has 0 saturated heterocycles. The molecule has 5 heteroatoms. The molecule has 0 radical (unpaired) electrons. The van der Waals surface area contributed by atoms with E-state index in [1.54, 1.807) is 19.1 Å². The molecule has 0 heterocycles. The van der Waals surface area contributed by atoms with Crippen molar-refractivity contribution in [3.05, 3.63) is 23.3 Å². The second-order valence-corrected chi connectivity index (χ2v) is 5.48. The number of rotatable bonds is 4. The summed E-state index contributed by atoms with van der Waals surface area (Å²) in [6.07, 6.45) is 5.42. The van der Waals surface area contributed by atoms with Crippen LogP contribution in [0.15, 0.2) is 17.0 Å². The van der Waals surface area contributed by atoms with Gasteiger partial charge in [-0.15, -0.1) is 12.3 Å². The number of sulfonamides is 1. The number of hydrogen-bond donors (Lipinski definition) is 2. The fraction of sp³-hybridized carbons (Fsp3) is 0.333. The van der Waals surface area contributed by atoms with Gasteiger partial charge in [-0.25, -0.2) is 13.1 Å². The van der Waals surface area contributed by atoms with Gasteiger partial charge in [0.1, 0.15) is 4.90 Å². The summed E-state index contributed by atoms with van der Waals surface area (Å²) in [7, 11) is -3.59. The normalized spacial score (nSPS) is 11.1. The molecule has 0 spiro atoms. The maximum Gasteiger partial charge on any atom is 0.242 e. The third kappa shape index (κ3) is 2.99. The van der Waals surface area contributed by atoms with Crippen molar-refractivity contribution in [2.75, 3.05) is 12.3 Å². The van der Waals surface area contributed by atoms with Crippen LogP contribution in [-0.2, 0) is 10.0 Å². The maximum absolute atomic E-state index is 12.0. The Balaban J connectivity index is 3.16. The van der Waals surface area contributed by atoms with Crippen molar-refractivity contribution in [2.45, 2.75) is 25.2 Å². The third-order valence-electron chi connectivity index (χ3n) is 2.54. The highest BCUT2D eigenvalue weighted by Crippen LogP contribution is 2.24. The van der Waals surface area contributed by atoms with E-state index in [0.717, 1.165) is 5.56 Å². The summed E-state index contributed by atoms with van der Waals surface area (Å²) >= 11 is 0. The Morgan fingerprint density at radius 2 is 2.06 bits per heavy atom. The zero-order valence-corrected chi connectivity index (χ0v) is 10.8. The summed E-state index contributed by atoms with van der Waals surface area (Å²) < 4.78 is 26.5.